The highest BCUT2D eigenvalue weighted by Crippen LogP contribution is 2.30. The van der Waals surface area contributed by atoms with Crippen LogP contribution in [0.2, 0.25) is 0 Å². The average Bonchev–Trinajstić information content (AvgIpc) is 3.29. The molecule has 0 radical (unpaired) electrons. The van der Waals surface area contributed by atoms with Crippen molar-refractivity contribution in [2.75, 3.05) is 5.32 Å². The fourth-order valence-electron chi connectivity index (χ4n) is 3.18. The number of nitrogens with one attached hydrogen (secondary N) is 1. The molecule has 0 aliphatic rings. The first-order valence-corrected chi connectivity index (χ1v) is 10.1. The Morgan fingerprint density at radius 2 is 2.00 bits per heavy atom. The zero-order valence-electron chi connectivity index (χ0n) is 16.1. The quantitative estimate of drug-likeness (QED) is 0.474. The van der Waals surface area contributed by atoms with Gasteiger partial charge < -0.3 is 9.73 Å². The number of fused-ring (bicyclic) bond motifs is 1. The molecule has 0 spiro atoms. The number of nitrogens with zero attached hydrogens (tertiary/aromatic N) is 2. The zero-order valence-corrected chi connectivity index (χ0v) is 17.0. The van der Waals surface area contributed by atoms with Crippen molar-refractivity contribution < 1.29 is 22.4 Å². The van der Waals surface area contributed by atoms with E-state index in [9.17, 15) is 22.8 Å². The number of alkyl halides is 3. The Balaban J connectivity index is 1.48. The maximum atomic E-state index is 12.9. The molecular formula is C21H16F3N3O3S. The molecule has 1 unspecified atom stereocenters. The van der Waals surface area contributed by atoms with Crippen LogP contribution in [-0.4, -0.2) is 15.5 Å². The maximum Gasteiger partial charge on any atom is 0.420 e. The van der Waals surface area contributed by atoms with E-state index in [1.807, 2.05) is 0 Å². The van der Waals surface area contributed by atoms with Crippen LogP contribution in [0, 0.1) is 0 Å². The average molecular weight is 447 g/mol. The second kappa shape index (κ2) is 8.03. The van der Waals surface area contributed by atoms with Gasteiger partial charge >= 0.3 is 11.9 Å². The van der Waals surface area contributed by atoms with Crippen LogP contribution in [0.15, 0.2) is 63.9 Å². The van der Waals surface area contributed by atoms with Gasteiger partial charge in [0.1, 0.15) is 6.04 Å². The fourth-order valence-corrected chi connectivity index (χ4v) is 4.03. The van der Waals surface area contributed by atoms with Crippen LogP contribution in [0.3, 0.4) is 0 Å². The molecule has 4 aromatic rings. The minimum absolute atomic E-state index is 0.249. The molecule has 2 aromatic carbocycles. The predicted octanol–water partition coefficient (Wildman–Crippen LogP) is 4.86. The van der Waals surface area contributed by atoms with Gasteiger partial charge in [-0.2, -0.15) is 13.2 Å². The smallest absolute Gasteiger partial charge is 0.408 e. The van der Waals surface area contributed by atoms with Gasteiger partial charge in [0, 0.05) is 17.5 Å². The van der Waals surface area contributed by atoms with Gasteiger partial charge in [0.05, 0.1) is 11.1 Å². The molecule has 1 N–H and O–H groups in total. The Hall–Kier alpha value is -3.40. The van der Waals surface area contributed by atoms with Gasteiger partial charge in [-0.1, -0.05) is 30.3 Å². The van der Waals surface area contributed by atoms with Crippen molar-refractivity contribution in [1.82, 2.24) is 9.55 Å². The lowest BCUT2D eigenvalue weighted by Gasteiger charge is -2.11. The molecule has 0 saturated heterocycles. The topological polar surface area (TPSA) is 77.1 Å². The molecule has 0 fully saturated rings. The number of rotatable bonds is 5. The first kappa shape index (κ1) is 20.9. The van der Waals surface area contributed by atoms with Crippen molar-refractivity contribution in [3.8, 4) is 0 Å². The van der Waals surface area contributed by atoms with Gasteiger partial charge in [0.15, 0.2) is 10.7 Å². The summed E-state index contributed by atoms with van der Waals surface area (Å²) in [6.45, 7) is 1.57. The summed E-state index contributed by atoms with van der Waals surface area (Å²) in [6, 6.07) is 11.0. The number of carbonyl (C=O) groups is 1. The van der Waals surface area contributed by atoms with Crippen LogP contribution in [0.5, 0.6) is 0 Å². The number of carbonyl (C=O) groups excluding carboxylic acids is 1. The molecule has 0 aliphatic carbocycles. The molecule has 31 heavy (non-hydrogen) atoms. The van der Waals surface area contributed by atoms with Crippen LogP contribution >= 0.6 is 11.3 Å². The predicted molar refractivity (Wildman–Crippen MR) is 110 cm³/mol. The number of anilines is 1. The van der Waals surface area contributed by atoms with Gasteiger partial charge in [-0.25, -0.2) is 9.78 Å². The number of oxazole rings is 1. The maximum absolute atomic E-state index is 12.9. The van der Waals surface area contributed by atoms with E-state index in [1.165, 1.54) is 16.8 Å². The number of hydrogen-bond acceptors (Lipinski definition) is 5. The molecule has 1 amide bonds. The van der Waals surface area contributed by atoms with Crippen LogP contribution in [-0.2, 0) is 17.4 Å². The Morgan fingerprint density at radius 3 is 2.77 bits per heavy atom. The number of benzene rings is 2. The Morgan fingerprint density at radius 1 is 1.23 bits per heavy atom. The van der Waals surface area contributed by atoms with Crippen molar-refractivity contribution >= 4 is 33.5 Å². The molecule has 0 saturated carbocycles. The third-order valence-corrected chi connectivity index (χ3v) is 5.61. The van der Waals surface area contributed by atoms with Crippen LogP contribution in [0.4, 0.5) is 18.3 Å². The number of halogens is 3. The van der Waals surface area contributed by atoms with Gasteiger partial charge in [0.2, 0.25) is 5.91 Å². The lowest BCUT2D eigenvalue weighted by Crippen LogP contribution is -2.29. The third kappa shape index (κ3) is 4.38. The lowest BCUT2D eigenvalue weighted by atomic mass is 10.1. The van der Waals surface area contributed by atoms with Crippen LogP contribution < -0.4 is 11.1 Å². The standard InChI is InChI=1S/C21H16F3N3O3S/c1-12(27-16-7-2-3-8-17(16)30-20(27)29)18(28)26-19-25-11-15(31-19)10-13-5-4-6-14(9-13)21(22,23)24/h2-9,11-12H,10H2,1H3,(H,25,26,28). The van der Waals surface area contributed by atoms with Crippen LogP contribution in [0.1, 0.15) is 29.0 Å². The van der Waals surface area contributed by atoms with E-state index in [4.69, 9.17) is 4.42 Å². The van der Waals surface area contributed by atoms with Gasteiger partial charge in [-0.15, -0.1) is 11.3 Å². The minimum Gasteiger partial charge on any atom is -0.408 e. The normalized spacial score (nSPS) is 12.8. The van der Waals surface area contributed by atoms with Gasteiger partial charge in [-0.3, -0.25) is 9.36 Å². The Kier molecular flexibility index (Phi) is 5.40. The highest BCUT2D eigenvalue weighted by atomic mass is 32.1. The molecule has 4 rings (SSSR count). The van der Waals surface area contributed by atoms with Crippen molar-refractivity contribution in [3.05, 3.63) is 81.3 Å². The van der Waals surface area contributed by atoms with E-state index < -0.39 is 29.4 Å². The molecular weight excluding hydrogens is 431 g/mol. The summed E-state index contributed by atoms with van der Waals surface area (Å²) in [5.74, 6) is -1.11. The van der Waals surface area contributed by atoms with E-state index in [-0.39, 0.29) is 6.42 Å². The summed E-state index contributed by atoms with van der Waals surface area (Å²) in [4.78, 5) is 29.6. The molecule has 6 nitrogen and oxygen atoms in total. The summed E-state index contributed by atoms with van der Waals surface area (Å²) in [5, 5.41) is 2.94. The fraction of sp³-hybridized carbons (Fsp3) is 0.190. The molecule has 1 atom stereocenters. The lowest BCUT2D eigenvalue weighted by molar-refractivity contribution is -0.137. The molecule has 0 aliphatic heterocycles. The third-order valence-electron chi connectivity index (χ3n) is 4.70. The van der Waals surface area contributed by atoms with Crippen LogP contribution in [0.25, 0.3) is 11.1 Å². The van der Waals surface area contributed by atoms with E-state index in [0.29, 0.717) is 26.7 Å². The molecule has 0 bridgehead atoms. The number of aromatic nitrogens is 2. The van der Waals surface area contributed by atoms with E-state index in [2.05, 4.69) is 10.3 Å². The Bertz CT molecular complexity index is 1310. The zero-order chi connectivity index (χ0) is 22.2. The Labute approximate surface area is 178 Å². The second-order valence-electron chi connectivity index (χ2n) is 6.88. The molecule has 160 valence electrons. The number of para-hydroxylation sites is 2. The minimum atomic E-state index is -4.41. The first-order valence-electron chi connectivity index (χ1n) is 9.24. The monoisotopic (exact) mass is 447 g/mol. The van der Waals surface area contributed by atoms with E-state index >= 15 is 0 Å². The van der Waals surface area contributed by atoms with Crippen molar-refractivity contribution in [3.63, 3.8) is 0 Å². The largest absolute Gasteiger partial charge is 0.420 e. The first-order chi connectivity index (χ1) is 14.7. The second-order valence-corrected chi connectivity index (χ2v) is 7.99. The van der Waals surface area contributed by atoms with E-state index in [1.54, 1.807) is 37.3 Å². The highest BCUT2D eigenvalue weighted by Gasteiger charge is 2.30. The molecule has 2 aromatic heterocycles. The summed E-state index contributed by atoms with van der Waals surface area (Å²) in [7, 11) is 0. The summed E-state index contributed by atoms with van der Waals surface area (Å²) < 4.78 is 45.1. The summed E-state index contributed by atoms with van der Waals surface area (Å²) in [6.07, 6.45) is -2.65. The highest BCUT2D eigenvalue weighted by molar-refractivity contribution is 7.15. The molecule has 10 heteroatoms. The number of hydrogen-bond donors (Lipinski definition) is 1. The van der Waals surface area contributed by atoms with Crippen molar-refractivity contribution in [2.45, 2.75) is 25.6 Å². The SMILES string of the molecule is CC(C(=O)Nc1ncc(Cc2cccc(C(F)(F)F)c2)s1)n1c(=O)oc2ccccc21. The molecule has 2 heterocycles. The summed E-state index contributed by atoms with van der Waals surface area (Å²) >= 11 is 1.16. The van der Waals surface area contributed by atoms with E-state index in [0.717, 1.165) is 23.5 Å². The van der Waals surface area contributed by atoms with Crippen molar-refractivity contribution in [1.29, 1.82) is 0 Å². The number of thiazole rings is 1. The van der Waals surface area contributed by atoms with Gasteiger partial charge in [0.25, 0.3) is 0 Å². The van der Waals surface area contributed by atoms with Crippen molar-refractivity contribution in [2.24, 2.45) is 0 Å². The summed E-state index contributed by atoms with van der Waals surface area (Å²) in [5.41, 5.74) is 0.653. The van der Waals surface area contributed by atoms with Gasteiger partial charge in [-0.05, 0) is 30.7 Å². The number of amides is 1.